The highest BCUT2D eigenvalue weighted by Crippen LogP contribution is 2.31. The fraction of sp³-hybridized carbons (Fsp3) is 0.238. The Morgan fingerprint density at radius 3 is 2.29 bits per heavy atom. The zero-order valence-corrected chi connectivity index (χ0v) is 16.1. The molecule has 7 nitrogen and oxygen atoms in total. The third kappa shape index (κ3) is 3.26. The van der Waals surface area contributed by atoms with Crippen molar-refractivity contribution >= 4 is 29.4 Å². The van der Waals surface area contributed by atoms with E-state index in [1.165, 1.54) is 30.0 Å². The topological polar surface area (TPSA) is 84.0 Å². The van der Waals surface area contributed by atoms with E-state index in [0.717, 1.165) is 10.5 Å². The minimum Gasteiger partial charge on any atom is -0.449 e. The van der Waals surface area contributed by atoms with Gasteiger partial charge in [0.2, 0.25) is 0 Å². The maximum absolute atomic E-state index is 12.8. The number of aryl methyl sites for hydroxylation is 1. The fourth-order valence-electron chi connectivity index (χ4n) is 3.04. The lowest BCUT2D eigenvalue weighted by Gasteiger charge is -2.17. The Morgan fingerprint density at radius 1 is 1.00 bits per heavy atom. The minimum absolute atomic E-state index is 0.102. The lowest BCUT2D eigenvalue weighted by Crippen LogP contribution is -2.34. The van der Waals surface area contributed by atoms with Crippen LogP contribution in [0.4, 0.5) is 5.69 Å². The Morgan fingerprint density at radius 2 is 1.64 bits per heavy atom. The number of imide groups is 1. The van der Waals surface area contributed by atoms with Crippen LogP contribution in [0.25, 0.3) is 0 Å². The summed E-state index contributed by atoms with van der Waals surface area (Å²) in [5, 5.41) is 0. The molecule has 144 valence electrons. The molecule has 1 aliphatic rings. The molecule has 0 saturated heterocycles. The average Bonchev–Trinajstić information content (AvgIpc) is 2.91. The van der Waals surface area contributed by atoms with Crippen LogP contribution in [-0.4, -0.2) is 48.8 Å². The van der Waals surface area contributed by atoms with Crippen LogP contribution in [0.5, 0.6) is 0 Å². The lowest BCUT2D eigenvalue weighted by molar-refractivity contribution is -0.137. The normalized spacial score (nSPS) is 13.9. The number of anilines is 1. The third-order valence-corrected chi connectivity index (χ3v) is 4.55. The molecule has 1 heterocycles. The maximum atomic E-state index is 12.8. The third-order valence-electron chi connectivity index (χ3n) is 4.55. The van der Waals surface area contributed by atoms with Crippen molar-refractivity contribution in [3.63, 3.8) is 0 Å². The molecule has 0 aromatic heterocycles. The van der Waals surface area contributed by atoms with Gasteiger partial charge in [-0.05, 0) is 43.7 Å². The van der Waals surface area contributed by atoms with Gasteiger partial charge in [-0.15, -0.1) is 0 Å². The van der Waals surface area contributed by atoms with E-state index in [1.54, 1.807) is 26.2 Å². The van der Waals surface area contributed by atoms with E-state index in [1.807, 2.05) is 19.1 Å². The molecule has 3 rings (SSSR count). The number of benzene rings is 2. The predicted molar refractivity (Wildman–Crippen MR) is 102 cm³/mol. The van der Waals surface area contributed by atoms with Crippen molar-refractivity contribution in [2.24, 2.45) is 0 Å². The Labute approximate surface area is 162 Å². The first kappa shape index (κ1) is 19.3. The number of fused-ring (bicyclic) bond motifs is 1. The largest absolute Gasteiger partial charge is 0.449 e. The second kappa shape index (κ2) is 7.26. The Balaban J connectivity index is 1.89. The van der Waals surface area contributed by atoms with Crippen LogP contribution >= 0.6 is 0 Å². The summed E-state index contributed by atoms with van der Waals surface area (Å²) in [6, 6.07) is 11.3. The van der Waals surface area contributed by atoms with Crippen LogP contribution in [0.1, 0.15) is 43.6 Å². The van der Waals surface area contributed by atoms with Crippen molar-refractivity contribution < 1.29 is 23.9 Å². The zero-order chi connectivity index (χ0) is 20.6. The lowest BCUT2D eigenvalue weighted by atomic mass is 10.1. The average molecular weight is 380 g/mol. The van der Waals surface area contributed by atoms with Gasteiger partial charge in [0.25, 0.3) is 17.7 Å². The fourth-order valence-corrected chi connectivity index (χ4v) is 3.04. The highest BCUT2D eigenvalue weighted by atomic mass is 16.5. The van der Waals surface area contributed by atoms with Gasteiger partial charge in [0.05, 0.1) is 22.4 Å². The Kier molecular flexibility index (Phi) is 5.00. The molecule has 0 spiro atoms. The van der Waals surface area contributed by atoms with E-state index >= 15 is 0 Å². The first-order chi connectivity index (χ1) is 13.2. The van der Waals surface area contributed by atoms with Crippen molar-refractivity contribution in [3.05, 3.63) is 64.7 Å². The number of hydrogen-bond acceptors (Lipinski definition) is 5. The van der Waals surface area contributed by atoms with Gasteiger partial charge in [0.15, 0.2) is 6.10 Å². The molecule has 0 fully saturated rings. The maximum Gasteiger partial charge on any atom is 0.338 e. The van der Waals surface area contributed by atoms with E-state index in [9.17, 15) is 19.2 Å². The summed E-state index contributed by atoms with van der Waals surface area (Å²) in [5.74, 6) is -2.03. The molecule has 0 saturated carbocycles. The van der Waals surface area contributed by atoms with Crippen molar-refractivity contribution in [2.45, 2.75) is 20.0 Å². The number of esters is 1. The molecule has 1 aliphatic heterocycles. The van der Waals surface area contributed by atoms with E-state index in [4.69, 9.17) is 4.74 Å². The summed E-state index contributed by atoms with van der Waals surface area (Å²) in [5.41, 5.74) is 1.75. The van der Waals surface area contributed by atoms with Crippen LogP contribution in [0.3, 0.4) is 0 Å². The first-order valence-electron chi connectivity index (χ1n) is 8.73. The molecule has 1 atom stereocenters. The number of likely N-dealkylation sites (N-methyl/N-ethyl adjacent to an activating group) is 1. The van der Waals surface area contributed by atoms with Crippen LogP contribution in [-0.2, 0) is 9.53 Å². The number of carbonyl (C=O) groups is 4. The molecule has 0 radical (unpaired) electrons. The van der Waals surface area contributed by atoms with Crippen LogP contribution in [0.2, 0.25) is 0 Å². The molecule has 7 heteroatoms. The van der Waals surface area contributed by atoms with Gasteiger partial charge in [-0.1, -0.05) is 18.2 Å². The van der Waals surface area contributed by atoms with Crippen molar-refractivity contribution in [2.75, 3.05) is 19.0 Å². The number of carbonyl (C=O) groups excluding carboxylic acids is 4. The molecule has 2 aromatic rings. The molecular formula is C21H20N2O5. The van der Waals surface area contributed by atoms with Crippen molar-refractivity contribution in [1.82, 2.24) is 4.90 Å². The van der Waals surface area contributed by atoms with Gasteiger partial charge in [-0.2, -0.15) is 0 Å². The van der Waals surface area contributed by atoms with Gasteiger partial charge in [0, 0.05) is 14.1 Å². The summed E-state index contributed by atoms with van der Waals surface area (Å²) in [6.07, 6.45) is -0.962. The summed E-state index contributed by atoms with van der Waals surface area (Å²) in [4.78, 5) is 52.2. The Bertz CT molecular complexity index is 996. The van der Waals surface area contributed by atoms with Gasteiger partial charge in [0.1, 0.15) is 0 Å². The molecule has 28 heavy (non-hydrogen) atoms. The van der Waals surface area contributed by atoms with E-state index < -0.39 is 23.9 Å². The van der Waals surface area contributed by atoms with Crippen LogP contribution in [0.15, 0.2) is 42.5 Å². The van der Waals surface area contributed by atoms with Crippen LogP contribution in [0, 0.1) is 6.92 Å². The van der Waals surface area contributed by atoms with E-state index in [0.29, 0.717) is 5.69 Å². The van der Waals surface area contributed by atoms with Crippen molar-refractivity contribution in [1.29, 1.82) is 0 Å². The molecular weight excluding hydrogens is 360 g/mol. The SMILES string of the molecule is Cc1ccccc1N1C(=O)c2ccc(C(=O)O[C@@H](C)C(=O)N(C)C)cc2C1=O. The summed E-state index contributed by atoms with van der Waals surface area (Å²) >= 11 is 0. The standard InChI is InChI=1S/C21H20N2O5/c1-12-7-5-6-8-17(12)23-19(25)15-10-9-14(11-16(15)20(23)26)21(27)28-13(2)18(24)22(3)4/h5-11,13H,1-4H3/t13-/m0/s1. The second-order valence-corrected chi connectivity index (χ2v) is 6.77. The number of amides is 3. The first-order valence-corrected chi connectivity index (χ1v) is 8.73. The Hall–Kier alpha value is -3.48. The summed E-state index contributed by atoms with van der Waals surface area (Å²) in [7, 11) is 3.12. The molecule has 0 aliphatic carbocycles. The molecule has 0 N–H and O–H groups in total. The highest BCUT2D eigenvalue weighted by molar-refractivity contribution is 6.34. The molecule has 0 unspecified atom stereocenters. The number of ether oxygens (including phenoxy) is 1. The molecule has 0 bridgehead atoms. The van der Waals surface area contributed by atoms with E-state index in [2.05, 4.69) is 0 Å². The monoisotopic (exact) mass is 380 g/mol. The summed E-state index contributed by atoms with van der Waals surface area (Å²) < 4.78 is 5.17. The van der Waals surface area contributed by atoms with E-state index in [-0.39, 0.29) is 22.6 Å². The molecule has 3 amide bonds. The number of para-hydroxylation sites is 1. The zero-order valence-electron chi connectivity index (χ0n) is 16.1. The van der Waals surface area contributed by atoms with Gasteiger partial charge < -0.3 is 9.64 Å². The van der Waals surface area contributed by atoms with Gasteiger partial charge in [-0.3, -0.25) is 14.4 Å². The number of rotatable bonds is 4. The van der Waals surface area contributed by atoms with Crippen LogP contribution < -0.4 is 4.90 Å². The van der Waals surface area contributed by atoms with Gasteiger partial charge in [-0.25, -0.2) is 9.69 Å². The second-order valence-electron chi connectivity index (χ2n) is 6.77. The number of hydrogen-bond donors (Lipinski definition) is 0. The van der Waals surface area contributed by atoms with Crippen molar-refractivity contribution in [3.8, 4) is 0 Å². The minimum atomic E-state index is -0.962. The highest BCUT2D eigenvalue weighted by Gasteiger charge is 2.38. The summed E-state index contributed by atoms with van der Waals surface area (Å²) in [6.45, 7) is 3.28. The molecule has 2 aromatic carbocycles. The predicted octanol–water partition coefficient (Wildman–Crippen LogP) is 2.43. The smallest absolute Gasteiger partial charge is 0.338 e. The quantitative estimate of drug-likeness (QED) is 0.601. The number of nitrogens with zero attached hydrogens (tertiary/aromatic N) is 2. The van der Waals surface area contributed by atoms with Gasteiger partial charge >= 0.3 is 5.97 Å².